The van der Waals surface area contributed by atoms with E-state index in [0.29, 0.717) is 6.04 Å². The highest BCUT2D eigenvalue weighted by Gasteiger charge is 2.26. The monoisotopic (exact) mass is 272 g/mol. The molecule has 0 radical (unpaired) electrons. The van der Waals surface area contributed by atoms with E-state index in [2.05, 4.69) is 47.5 Å². The lowest BCUT2D eigenvalue weighted by Crippen LogP contribution is -2.48. The first-order valence-corrected chi connectivity index (χ1v) is 8.33. The van der Waals surface area contributed by atoms with Gasteiger partial charge in [0.1, 0.15) is 0 Å². The van der Waals surface area contributed by atoms with Gasteiger partial charge in [0.15, 0.2) is 0 Å². The second-order valence-electron chi connectivity index (χ2n) is 6.70. The molecule has 3 atom stereocenters. The quantitative estimate of drug-likeness (QED) is 0.906. The van der Waals surface area contributed by atoms with Crippen LogP contribution in [0.15, 0.2) is 30.3 Å². The van der Waals surface area contributed by atoms with Crippen molar-refractivity contribution in [2.75, 3.05) is 26.2 Å². The summed E-state index contributed by atoms with van der Waals surface area (Å²) in [4.78, 5) is 2.70. The number of piperazine rings is 1. The third-order valence-electron chi connectivity index (χ3n) is 5.24. The topological polar surface area (TPSA) is 15.3 Å². The summed E-state index contributed by atoms with van der Waals surface area (Å²) >= 11 is 0. The molecule has 1 saturated heterocycles. The van der Waals surface area contributed by atoms with Crippen LogP contribution in [-0.4, -0.2) is 31.1 Å². The Morgan fingerprint density at radius 1 is 1.15 bits per heavy atom. The van der Waals surface area contributed by atoms with Crippen LogP contribution in [0.1, 0.15) is 44.2 Å². The average molecular weight is 272 g/mol. The van der Waals surface area contributed by atoms with E-state index in [1.807, 2.05) is 0 Å². The molecule has 2 aliphatic rings. The van der Waals surface area contributed by atoms with Gasteiger partial charge in [0.2, 0.25) is 0 Å². The first kappa shape index (κ1) is 14.1. The molecule has 0 bridgehead atoms. The van der Waals surface area contributed by atoms with Crippen molar-refractivity contribution >= 4 is 0 Å². The third-order valence-corrected chi connectivity index (χ3v) is 5.24. The maximum Gasteiger partial charge on any atom is 0.0449 e. The van der Waals surface area contributed by atoms with Gasteiger partial charge in [-0.1, -0.05) is 56.5 Å². The number of benzene rings is 1. The molecule has 1 aliphatic carbocycles. The van der Waals surface area contributed by atoms with Crippen molar-refractivity contribution in [3.8, 4) is 0 Å². The summed E-state index contributed by atoms with van der Waals surface area (Å²) in [5.41, 5.74) is 1.44. The summed E-state index contributed by atoms with van der Waals surface area (Å²) in [6, 6.07) is 11.4. The SMILES string of the molecule is CC1CCCCC1CN1CCNC(c2ccccc2)C1. The van der Waals surface area contributed by atoms with Gasteiger partial charge in [0.25, 0.3) is 0 Å². The number of hydrogen-bond acceptors (Lipinski definition) is 2. The standard InChI is InChI=1S/C18H28N2/c1-15-7-5-6-10-17(15)13-20-12-11-19-18(14-20)16-8-3-2-4-9-16/h2-4,8-9,15,17-19H,5-7,10-14H2,1H3. The van der Waals surface area contributed by atoms with Gasteiger partial charge in [-0.15, -0.1) is 0 Å². The van der Waals surface area contributed by atoms with Crippen molar-refractivity contribution in [3.05, 3.63) is 35.9 Å². The Labute approximate surface area is 123 Å². The van der Waals surface area contributed by atoms with Gasteiger partial charge in [-0.2, -0.15) is 0 Å². The molecule has 3 rings (SSSR count). The minimum Gasteiger partial charge on any atom is -0.308 e. The number of rotatable bonds is 3. The molecule has 2 nitrogen and oxygen atoms in total. The first-order chi connectivity index (χ1) is 9.83. The van der Waals surface area contributed by atoms with E-state index in [0.717, 1.165) is 18.4 Å². The number of hydrogen-bond donors (Lipinski definition) is 1. The highest BCUT2D eigenvalue weighted by molar-refractivity contribution is 5.19. The van der Waals surface area contributed by atoms with Gasteiger partial charge in [0.05, 0.1) is 0 Å². The summed E-state index contributed by atoms with van der Waals surface area (Å²) in [6.07, 6.45) is 5.79. The molecule has 1 aromatic carbocycles. The fraction of sp³-hybridized carbons (Fsp3) is 0.667. The van der Waals surface area contributed by atoms with E-state index < -0.39 is 0 Å². The first-order valence-electron chi connectivity index (χ1n) is 8.33. The molecular formula is C18H28N2. The van der Waals surface area contributed by atoms with Crippen molar-refractivity contribution in [1.82, 2.24) is 10.2 Å². The summed E-state index contributed by atoms with van der Waals surface area (Å²) < 4.78 is 0. The van der Waals surface area contributed by atoms with Gasteiger partial charge >= 0.3 is 0 Å². The van der Waals surface area contributed by atoms with Crippen molar-refractivity contribution in [3.63, 3.8) is 0 Å². The molecular weight excluding hydrogens is 244 g/mol. The highest BCUT2D eigenvalue weighted by atomic mass is 15.2. The molecule has 0 aromatic heterocycles. The molecule has 1 N–H and O–H groups in total. The second kappa shape index (κ2) is 6.73. The maximum atomic E-state index is 3.67. The third kappa shape index (κ3) is 3.42. The fourth-order valence-electron chi connectivity index (χ4n) is 3.88. The average Bonchev–Trinajstić information content (AvgIpc) is 2.51. The Hall–Kier alpha value is -0.860. The van der Waals surface area contributed by atoms with Crippen molar-refractivity contribution in [2.24, 2.45) is 11.8 Å². The molecule has 2 fully saturated rings. The number of nitrogens with one attached hydrogen (secondary N) is 1. The lowest BCUT2D eigenvalue weighted by atomic mass is 9.80. The molecule has 1 heterocycles. The van der Waals surface area contributed by atoms with Crippen LogP contribution in [0.2, 0.25) is 0 Å². The van der Waals surface area contributed by atoms with E-state index in [4.69, 9.17) is 0 Å². The second-order valence-corrected chi connectivity index (χ2v) is 6.70. The van der Waals surface area contributed by atoms with E-state index in [1.54, 1.807) is 0 Å². The lowest BCUT2D eigenvalue weighted by Gasteiger charge is -2.38. The summed E-state index contributed by atoms with van der Waals surface area (Å²) in [5.74, 6) is 1.85. The minimum atomic E-state index is 0.517. The predicted molar refractivity (Wildman–Crippen MR) is 84.7 cm³/mol. The Bertz CT molecular complexity index is 403. The smallest absolute Gasteiger partial charge is 0.0449 e. The highest BCUT2D eigenvalue weighted by Crippen LogP contribution is 2.31. The Balaban J connectivity index is 1.58. The van der Waals surface area contributed by atoms with Crippen LogP contribution in [0.5, 0.6) is 0 Å². The van der Waals surface area contributed by atoms with E-state index >= 15 is 0 Å². The van der Waals surface area contributed by atoms with Gasteiger partial charge in [0, 0.05) is 32.2 Å². The molecule has 1 saturated carbocycles. The van der Waals surface area contributed by atoms with Gasteiger partial charge in [-0.25, -0.2) is 0 Å². The van der Waals surface area contributed by atoms with Crippen LogP contribution in [0, 0.1) is 11.8 Å². The molecule has 110 valence electrons. The molecule has 20 heavy (non-hydrogen) atoms. The van der Waals surface area contributed by atoms with Crippen LogP contribution in [0.3, 0.4) is 0 Å². The van der Waals surface area contributed by atoms with E-state index in [-0.39, 0.29) is 0 Å². The van der Waals surface area contributed by atoms with Gasteiger partial charge in [-0.05, 0) is 23.8 Å². The zero-order valence-electron chi connectivity index (χ0n) is 12.7. The Morgan fingerprint density at radius 3 is 2.75 bits per heavy atom. The van der Waals surface area contributed by atoms with Gasteiger partial charge < -0.3 is 5.32 Å². The lowest BCUT2D eigenvalue weighted by molar-refractivity contribution is 0.129. The molecule has 2 heteroatoms. The zero-order valence-corrected chi connectivity index (χ0v) is 12.7. The Morgan fingerprint density at radius 2 is 1.95 bits per heavy atom. The fourth-order valence-corrected chi connectivity index (χ4v) is 3.88. The largest absolute Gasteiger partial charge is 0.308 e. The summed E-state index contributed by atoms with van der Waals surface area (Å²) in [6.45, 7) is 7.29. The van der Waals surface area contributed by atoms with Crippen LogP contribution in [0.25, 0.3) is 0 Å². The molecule has 1 aliphatic heterocycles. The number of nitrogens with zero attached hydrogens (tertiary/aromatic N) is 1. The van der Waals surface area contributed by atoms with E-state index in [1.165, 1.54) is 50.9 Å². The zero-order chi connectivity index (χ0) is 13.8. The predicted octanol–water partition coefficient (Wildman–Crippen LogP) is 3.46. The van der Waals surface area contributed by atoms with E-state index in [9.17, 15) is 0 Å². The minimum absolute atomic E-state index is 0.517. The molecule has 1 aromatic rings. The van der Waals surface area contributed by atoms with Crippen LogP contribution in [0.4, 0.5) is 0 Å². The van der Waals surface area contributed by atoms with Crippen molar-refractivity contribution in [2.45, 2.75) is 38.6 Å². The molecule has 0 spiro atoms. The van der Waals surface area contributed by atoms with Gasteiger partial charge in [-0.3, -0.25) is 4.90 Å². The Kier molecular flexibility index (Phi) is 4.74. The van der Waals surface area contributed by atoms with Crippen LogP contribution in [-0.2, 0) is 0 Å². The summed E-state index contributed by atoms with van der Waals surface area (Å²) in [7, 11) is 0. The molecule has 3 unspecified atom stereocenters. The van der Waals surface area contributed by atoms with Crippen LogP contribution >= 0.6 is 0 Å². The van der Waals surface area contributed by atoms with Crippen LogP contribution < -0.4 is 5.32 Å². The van der Waals surface area contributed by atoms with Crippen molar-refractivity contribution in [1.29, 1.82) is 0 Å². The summed E-state index contributed by atoms with van der Waals surface area (Å²) in [5, 5.41) is 3.67. The normalized spacial score (nSPS) is 32.1. The van der Waals surface area contributed by atoms with Crippen molar-refractivity contribution < 1.29 is 0 Å². The maximum absolute atomic E-state index is 3.67. The molecule has 0 amide bonds.